The molecule has 0 aliphatic carbocycles. The molecular formula is C12H5Cl2F2. The monoisotopic (exact) mass is 257 g/mol. The van der Waals surface area contributed by atoms with Gasteiger partial charge < -0.3 is 0 Å². The quantitative estimate of drug-likeness (QED) is 0.693. The van der Waals surface area contributed by atoms with E-state index in [4.69, 9.17) is 23.2 Å². The van der Waals surface area contributed by atoms with E-state index in [2.05, 4.69) is 6.07 Å². The topological polar surface area (TPSA) is 0 Å². The summed E-state index contributed by atoms with van der Waals surface area (Å²) >= 11 is 11.2. The molecule has 0 spiro atoms. The average Bonchev–Trinajstić information content (AvgIpc) is 2.26. The van der Waals surface area contributed by atoms with Crippen molar-refractivity contribution in [3.63, 3.8) is 0 Å². The second-order valence-electron chi connectivity index (χ2n) is 3.14. The van der Waals surface area contributed by atoms with Crippen LogP contribution in [0.2, 0.25) is 10.0 Å². The Morgan fingerprint density at radius 2 is 1.75 bits per heavy atom. The molecule has 0 heterocycles. The van der Waals surface area contributed by atoms with Gasteiger partial charge >= 0.3 is 0 Å². The normalized spacial score (nSPS) is 10.5. The molecule has 0 amide bonds. The van der Waals surface area contributed by atoms with Crippen molar-refractivity contribution in [2.24, 2.45) is 0 Å². The molecule has 0 atom stereocenters. The predicted molar refractivity (Wildman–Crippen MR) is 60.7 cm³/mol. The van der Waals surface area contributed by atoms with Crippen LogP contribution < -0.4 is 0 Å². The van der Waals surface area contributed by atoms with Gasteiger partial charge in [0, 0.05) is 5.56 Å². The summed E-state index contributed by atoms with van der Waals surface area (Å²) in [7, 11) is 0. The van der Waals surface area contributed by atoms with Gasteiger partial charge in [0.05, 0.1) is 10.0 Å². The first-order chi connectivity index (χ1) is 7.59. The van der Waals surface area contributed by atoms with Crippen LogP contribution in [0.4, 0.5) is 8.78 Å². The fourth-order valence-electron chi connectivity index (χ4n) is 1.32. The fraction of sp³-hybridized carbons (Fsp3) is 0. The zero-order valence-electron chi connectivity index (χ0n) is 7.90. The van der Waals surface area contributed by atoms with Crippen molar-refractivity contribution < 1.29 is 8.78 Å². The number of hydrogen-bond donors (Lipinski definition) is 0. The summed E-state index contributed by atoms with van der Waals surface area (Å²) in [6, 6.07) is 9.52. The smallest absolute Gasteiger partial charge is 0.150 e. The average molecular weight is 258 g/mol. The Bertz CT molecular complexity index is 539. The molecule has 0 aliphatic rings. The highest BCUT2D eigenvalue weighted by atomic mass is 35.5. The summed E-state index contributed by atoms with van der Waals surface area (Å²) in [5, 5.41) is -0.0699. The molecule has 2 rings (SSSR count). The Morgan fingerprint density at radius 1 is 1.00 bits per heavy atom. The number of hydrogen-bond acceptors (Lipinski definition) is 0. The van der Waals surface area contributed by atoms with Gasteiger partial charge in [0.15, 0.2) is 0 Å². The third kappa shape index (κ3) is 2.04. The van der Waals surface area contributed by atoms with Gasteiger partial charge in [0.2, 0.25) is 0 Å². The molecule has 2 aromatic carbocycles. The standard InChI is InChI=1S/C12H5Cl2F2/c13-9-3-1-2-8(12(9)16)7-4-5-11(15)10(14)6-7/h1,3-6H. The first-order valence-electron chi connectivity index (χ1n) is 4.40. The molecule has 0 fully saturated rings. The SMILES string of the molecule is Fc1ccc(-c2[c]ccc(Cl)c2F)cc1Cl. The van der Waals surface area contributed by atoms with E-state index in [0.717, 1.165) is 0 Å². The van der Waals surface area contributed by atoms with E-state index in [9.17, 15) is 8.78 Å². The molecule has 0 nitrogen and oxygen atoms in total. The molecule has 0 saturated heterocycles. The molecule has 16 heavy (non-hydrogen) atoms. The second kappa shape index (κ2) is 4.40. The summed E-state index contributed by atoms with van der Waals surface area (Å²) in [6.07, 6.45) is 0. The largest absolute Gasteiger partial charge is 0.205 e. The van der Waals surface area contributed by atoms with E-state index < -0.39 is 11.6 Å². The Hall–Kier alpha value is -1.12. The van der Waals surface area contributed by atoms with Gasteiger partial charge in [-0.1, -0.05) is 35.3 Å². The van der Waals surface area contributed by atoms with Crippen LogP contribution in [0, 0.1) is 17.7 Å². The maximum absolute atomic E-state index is 13.6. The van der Waals surface area contributed by atoms with Crippen molar-refractivity contribution >= 4 is 23.2 Å². The maximum atomic E-state index is 13.6. The van der Waals surface area contributed by atoms with Crippen LogP contribution in [0.3, 0.4) is 0 Å². The van der Waals surface area contributed by atoms with Crippen molar-refractivity contribution in [1.82, 2.24) is 0 Å². The highest BCUT2D eigenvalue weighted by Crippen LogP contribution is 2.29. The molecular weight excluding hydrogens is 253 g/mol. The molecule has 0 bridgehead atoms. The van der Waals surface area contributed by atoms with Crippen LogP contribution in [0.15, 0.2) is 30.3 Å². The van der Waals surface area contributed by atoms with Crippen LogP contribution in [0.5, 0.6) is 0 Å². The third-order valence-electron chi connectivity index (χ3n) is 2.09. The van der Waals surface area contributed by atoms with Crippen LogP contribution in [0.1, 0.15) is 0 Å². The minimum atomic E-state index is -0.591. The van der Waals surface area contributed by atoms with Gasteiger partial charge in [-0.3, -0.25) is 0 Å². The molecule has 0 aliphatic heterocycles. The van der Waals surface area contributed by atoms with E-state index >= 15 is 0 Å². The number of halogens is 4. The van der Waals surface area contributed by atoms with Gasteiger partial charge in [-0.05, 0) is 29.8 Å². The lowest BCUT2D eigenvalue weighted by Gasteiger charge is -2.05. The summed E-state index contributed by atoms with van der Waals surface area (Å²) in [5.74, 6) is -1.14. The van der Waals surface area contributed by atoms with Crippen LogP contribution in [0.25, 0.3) is 11.1 Å². The van der Waals surface area contributed by atoms with Gasteiger partial charge in [-0.2, -0.15) is 0 Å². The Balaban J connectivity index is 2.59. The molecule has 0 saturated carbocycles. The molecule has 0 unspecified atom stereocenters. The highest BCUT2D eigenvalue weighted by Gasteiger charge is 2.10. The molecule has 4 heteroatoms. The van der Waals surface area contributed by atoms with Gasteiger partial charge in [0.1, 0.15) is 11.6 Å². The van der Waals surface area contributed by atoms with Gasteiger partial charge in [-0.25, -0.2) is 8.78 Å². The van der Waals surface area contributed by atoms with E-state index in [-0.39, 0.29) is 15.6 Å². The van der Waals surface area contributed by atoms with Crippen molar-refractivity contribution in [2.75, 3.05) is 0 Å². The van der Waals surface area contributed by atoms with Crippen molar-refractivity contribution in [2.45, 2.75) is 0 Å². The Kier molecular flexibility index (Phi) is 3.13. The van der Waals surface area contributed by atoms with Crippen molar-refractivity contribution in [3.8, 4) is 11.1 Å². The van der Waals surface area contributed by atoms with Gasteiger partial charge in [0.25, 0.3) is 0 Å². The Morgan fingerprint density at radius 3 is 2.44 bits per heavy atom. The van der Waals surface area contributed by atoms with Crippen LogP contribution in [-0.2, 0) is 0 Å². The zero-order valence-corrected chi connectivity index (χ0v) is 9.41. The van der Waals surface area contributed by atoms with Gasteiger partial charge in [-0.15, -0.1) is 0 Å². The Labute approximate surface area is 101 Å². The minimum absolute atomic E-state index is 0.00537. The van der Waals surface area contributed by atoms with Crippen molar-refractivity contribution in [1.29, 1.82) is 0 Å². The minimum Gasteiger partial charge on any atom is -0.205 e. The first kappa shape index (κ1) is 11.4. The molecule has 1 radical (unpaired) electrons. The summed E-state index contributed by atoms with van der Waals surface area (Å²) in [5.41, 5.74) is 0.612. The van der Waals surface area contributed by atoms with E-state index in [0.29, 0.717) is 5.56 Å². The fourth-order valence-corrected chi connectivity index (χ4v) is 1.65. The summed E-state index contributed by atoms with van der Waals surface area (Å²) in [6.45, 7) is 0. The van der Waals surface area contributed by atoms with Crippen LogP contribution in [-0.4, -0.2) is 0 Å². The first-order valence-corrected chi connectivity index (χ1v) is 5.16. The number of benzene rings is 2. The highest BCUT2D eigenvalue weighted by molar-refractivity contribution is 6.31. The third-order valence-corrected chi connectivity index (χ3v) is 2.68. The second-order valence-corrected chi connectivity index (χ2v) is 3.96. The van der Waals surface area contributed by atoms with E-state index in [1.807, 2.05) is 0 Å². The van der Waals surface area contributed by atoms with Crippen LogP contribution >= 0.6 is 23.2 Å². The lowest BCUT2D eigenvalue weighted by molar-refractivity contribution is 0.626. The lowest BCUT2D eigenvalue weighted by atomic mass is 10.1. The summed E-state index contributed by atoms with van der Waals surface area (Å²) in [4.78, 5) is 0. The lowest BCUT2D eigenvalue weighted by Crippen LogP contribution is -1.87. The number of rotatable bonds is 1. The molecule has 81 valence electrons. The molecule has 0 N–H and O–H groups in total. The summed E-state index contributed by atoms with van der Waals surface area (Å²) < 4.78 is 26.6. The van der Waals surface area contributed by atoms with E-state index in [1.165, 1.54) is 30.3 Å². The predicted octanol–water partition coefficient (Wildman–Crippen LogP) is 4.74. The van der Waals surface area contributed by atoms with Crippen molar-refractivity contribution in [3.05, 3.63) is 58.1 Å². The zero-order chi connectivity index (χ0) is 11.7. The maximum Gasteiger partial charge on any atom is 0.150 e. The van der Waals surface area contributed by atoms with E-state index in [1.54, 1.807) is 0 Å². The molecule has 2 aromatic rings. The molecule has 0 aromatic heterocycles.